The molecule has 0 atom stereocenters. The van der Waals surface area contributed by atoms with Gasteiger partial charge in [0.15, 0.2) is 5.82 Å². The van der Waals surface area contributed by atoms with Gasteiger partial charge in [0.25, 0.3) is 5.89 Å². The third kappa shape index (κ3) is 4.34. The lowest BCUT2D eigenvalue weighted by atomic mass is 10.2. The highest BCUT2D eigenvalue weighted by Crippen LogP contribution is 2.18. The van der Waals surface area contributed by atoms with E-state index in [2.05, 4.69) is 28.9 Å². The lowest BCUT2D eigenvalue weighted by molar-refractivity contribution is 0.179. The first-order valence-corrected chi connectivity index (χ1v) is 7.03. The molecule has 0 radical (unpaired) electrons. The molecule has 0 aliphatic rings. The summed E-state index contributed by atoms with van der Waals surface area (Å²) in [5.41, 5.74) is 0.696. The van der Waals surface area contributed by atoms with Crippen LogP contribution >= 0.6 is 0 Å². The molecule has 1 heterocycles. The van der Waals surface area contributed by atoms with Gasteiger partial charge in [-0.15, -0.1) is 0 Å². The molecule has 0 saturated carbocycles. The van der Waals surface area contributed by atoms with Gasteiger partial charge in [-0.25, -0.2) is 4.39 Å². The fourth-order valence-corrected chi connectivity index (χ4v) is 2.00. The minimum absolute atomic E-state index is 0.163. The normalized spacial score (nSPS) is 11.5. The van der Waals surface area contributed by atoms with Gasteiger partial charge in [0.05, 0.1) is 6.54 Å². The van der Waals surface area contributed by atoms with Crippen LogP contribution < -0.4 is 0 Å². The largest absolute Gasteiger partial charge is 0.396 e. The summed E-state index contributed by atoms with van der Waals surface area (Å²) in [6, 6.07) is 6.27. The minimum Gasteiger partial charge on any atom is -0.396 e. The van der Waals surface area contributed by atoms with Crippen molar-refractivity contribution in [3.8, 4) is 11.5 Å². The van der Waals surface area contributed by atoms with Crippen molar-refractivity contribution in [2.75, 3.05) is 13.2 Å². The van der Waals surface area contributed by atoms with Gasteiger partial charge in [-0.05, 0) is 44.5 Å². The van der Waals surface area contributed by atoms with Crippen molar-refractivity contribution in [2.24, 2.45) is 0 Å². The predicted octanol–water partition coefficient (Wildman–Crippen LogP) is 2.47. The van der Waals surface area contributed by atoms with Gasteiger partial charge >= 0.3 is 0 Å². The number of nitrogens with zero attached hydrogens (tertiary/aromatic N) is 3. The molecule has 0 aliphatic carbocycles. The van der Waals surface area contributed by atoms with E-state index in [1.165, 1.54) is 12.1 Å². The standard InChI is InChI=1S/C15H20FN3O2/c1-11(2)19(8-3-9-20)10-14-17-15(21-18-14)12-4-6-13(16)7-5-12/h4-7,11,20H,3,8-10H2,1-2H3. The summed E-state index contributed by atoms with van der Waals surface area (Å²) < 4.78 is 18.1. The van der Waals surface area contributed by atoms with E-state index in [0.29, 0.717) is 36.3 Å². The van der Waals surface area contributed by atoms with Crippen LogP contribution in [0, 0.1) is 5.82 Å². The highest BCUT2D eigenvalue weighted by Gasteiger charge is 2.15. The lowest BCUT2D eigenvalue weighted by Gasteiger charge is -2.24. The molecule has 6 heteroatoms. The molecule has 5 nitrogen and oxygen atoms in total. The summed E-state index contributed by atoms with van der Waals surface area (Å²) >= 11 is 0. The number of benzene rings is 1. The van der Waals surface area contributed by atoms with Crippen LogP contribution in [-0.2, 0) is 6.54 Å². The Morgan fingerprint density at radius 1 is 1.29 bits per heavy atom. The summed E-state index contributed by atoms with van der Waals surface area (Å²) in [4.78, 5) is 6.50. The van der Waals surface area contributed by atoms with E-state index in [4.69, 9.17) is 9.63 Å². The molecule has 1 aromatic heterocycles. The maximum Gasteiger partial charge on any atom is 0.257 e. The van der Waals surface area contributed by atoms with Gasteiger partial charge in [-0.3, -0.25) is 4.90 Å². The molecule has 2 rings (SSSR count). The van der Waals surface area contributed by atoms with E-state index in [9.17, 15) is 4.39 Å². The van der Waals surface area contributed by atoms with Crippen molar-refractivity contribution in [3.05, 3.63) is 35.9 Å². The molecule has 0 amide bonds. The van der Waals surface area contributed by atoms with Crippen LogP contribution in [0.4, 0.5) is 4.39 Å². The second-order valence-electron chi connectivity index (χ2n) is 5.16. The van der Waals surface area contributed by atoms with Crippen molar-refractivity contribution in [1.29, 1.82) is 0 Å². The van der Waals surface area contributed by atoms with Crippen LogP contribution in [0.3, 0.4) is 0 Å². The summed E-state index contributed by atoms with van der Waals surface area (Å²) in [5, 5.41) is 12.9. The summed E-state index contributed by atoms with van der Waals surface area (Å²) in [7, 11) is 0. The number of rotatable bonds is 7. The summed E-state index contributed by atoms with van der Waals surface area (Å²) in [6.07, 6.45) is 0.709. The van der Waals surface area contributed by atoms with E-state index in [-0.39, 0.29) is 12.4 Å². The molecule has 0 fully saturated rings. The Kier molecular flexibility index (Phi) is 5.41. The summed E-state index contributed by atoms with van der Waals surface area (Å²) in [5.74, 6) is 0.672. The Labute approximate surface area is 123 Å². The quantitative estimate of drug-likeness (QED) is 0.849. The average molecular weight is 293 g/mol. The van der Waals surface area contributed by atoms with E-state index >= 15 is 0 Å². The molecule has 2 aromatic rings. The molecule has 1 N–H and O–H groups in total. The first-order valence-electron chi connectivity index (χ1n) is 7.03. The number of aromatic nitrogens is 2. The van der Waals surface area contributed by atoms with Gasteiger partial charge < -0.3 is 9.63 Å². The number of hydrogen-bond donors (Lipinski definition) is 1. The first kappa shape index (κ1) is 15.6. The van der Waals surface area contributed by atoms with Crippen molar-refractivity contribution in [1.82, 2.24) is 15.0 Å². The molecule has 0 aliphatic heterocycles. The minimum atomic E-state index is -0.298. The zero-order valence-corrected chi connectivity index (χ0v) is 12.3. The van der Waals surface area contributed by atoms with Crippen LogP contribution in [-0.4, -0.2) is 39.3 Å². The van der Waals surface area contributed by atoms with E-state index < -0.39 is 0 Å². The Balaban J connectivity index is 2.06. The third-order valence-corrected chi connectivity index (χ3v) is 3.24. The highest BCUT2D eigenvalue weighted by atomic mass is 19.1. The molecular formula is C15H20FN3O2. The second kappa shape index (κ2) is 7.28. The topological polar surface area (TPSA) is 62.4 Å². The van der Waals surface area contributed by atoms with Crippen molar-refractivity contribution < 1.29 is 14.0 Å². The van der Waals surface area contributed by atoms with Crippen LogP contribution in [0.1, 0.15) is 26.1 Å². The highest BCUT2D eigenvalue weighted by molar-refractivity contribution is 5.52. The molecule has 0 saturated heterocycles. The molecule has 1 aromatic carbocycles. The third-order valence-electron chi connectivity index (χ3n) is 3.24. The zero-order valence-electron chi connectivity index (χ0n) is 12.3. The Morgan fingerprint density at radius 3 is 2.62 bits per heavy atom. The van der Waals surface area contributed by atoms with Crippen LogP contribution in [0.15, 0.2) is 28.8 Å². The van der Waals surface area contributed by atoms with E-state index in [1.54, 1.807) is 12.1 Å². The van der Waals surface area contributed by atoms with E-state index in [0.717, 1.165) is 6.54 Å². The fraction of sp³-hybridized carbons (Fsp3) is 0.467. The van der Waals surface area contributed by atoms with Gasteiger partial charge in [0.2, 0.25) is 0 Å². The lowest BCUT2D eigenvalue weighted by Crippen LogP contribution is -2.32. The van der Waals surface area contributed by atoms with Gasteiger partial charge in [0.1, 0.15) is 5.82 Å². The molecule has 0 bridgehead atoms. The van der Waals surface area contributed by atoms with E-state index in [1.807, 2.05) is 0 Å². The number of aliphatic hydroxyl groups excluding tert-OH is 1. The predicted molar refractivity (Wildman–Crippen MR) is 76.9 cm³/mol. The molecule has 21 heavy (non-hydrogen) atoms. The first-order chi connectivity index (χ1) is 10.1. The number of aliphatic hydroxyl groups is 1. The Morgan fingerprint density at radius 2 is 2.00 bits per heavy atom. The average Bonchev–Trinajstić information content (AvgIpc) is 2.92. The van der Waals surface area contributed by atoms with Gasteiger partial charge in [-0.1, -0.05) is 5.16 Å². The maximum absolute atomic E-state index is 12.9. The van der Waals surface area contributed by atoms with Crippen LogP contribution in [0.2, 0.25) is 0 Å². The Bertz CT molecular complexity index is 554. The zero-order chi connectivity index (χ0) is 15.2. The van der Waals surface area contributed by atoms with Crippen molar-refractivity contribution in [2.45, 2.75) is 32.9 Å². The molecule has 0 spiro atoms. The fourth-order valence-electron chi connectivity index (χ4n) is 2.00. The molecule has 114 valence electrons. The molecular weight excluding hydrogens is 273 g/mol. The SMILES string of the molecule is CC(C)N(CCCO)Cc1noc(-c2ccc(F)cc2)n1. The van der Waals surface area contributed by atoms with Crippen LogP contribution in [0.25, 0.3) is 11.5 Å². The molecule has 0 unspecified atom stereocenters. The maximum atomic E-state index is 12.9. The van der Waals surface area contributed by atoms with Crippen molar-refractivity contribution in [3.63, 3.8) is 0 Å². The second-order valence-corrected chi connectivity index (χ2v) is 5.16. The van der Waals surface area contributed by atoms with Gasteiger partial charge in [-0.2, -0.15) is 4.98 Å². The van der Waals surface area contributed by atoms with Gasteiger partial charge in [0, 0.05) is 24.8 Å². The van der Waals surface area contributed by atoms with Crippen molar-refractivity contribution >= 4 is 0 Å². The van der Waals surface area contributed by atoms with Crippen LogP contribution in [0.5, 0.6) is 0 Å². The summed E-state index contributed by atoms with van der Waals surface area (Å²) in [6.45, 7) is 5.66. The number of halogens is 1. The Hall–Kier alpha value is -1.79. The number of hydrogen-bond acceptors (Lipinski definition) is 5. The monoisotopic (exact) mass is 293 g/mol. The smallest absolute Gasteiger partial charge is 0.257 e.